The molecule has 0 bridgehead atoms. The smallest absolute Gasteiger partial charge is 0.292 e. The monoisotopic (exact) mass is 568 g/mol. The Morgan fingerprint density at radius 1 is 1.19 bits per heavy atom. The van der Waals surface area contributed by atoms with E-state index in [1.807, 2.05) is 43.3 Å². The van der Waals surface area contributed by atoms with Crippen molar-refractivity contribution in [1.82, 2.24) is 0 Å². The molecule has 0 saturated carbocycles. The Bertz CT molecular complexity index is 1370. The first-order valence-corrected chi connectivity index (χ1v) is 12.9. The van der Waals surface area contributed by atoms with Gasteiger partial charge in [0, 0.05) is 17.0 Å². The lowest BCUT2D eigenvalue weighted by Gasteiger charge is -2.38. The highest BCUT2D eigenvalue weighted by Gasteiger charge is 2.42. The normalized spacial score (nSPS) is 19.9. The van der Waals surface area contributed by atoms with Gasteiger partial charge < -0.3 is 14.8 Å². The van der Waals surface area contributed by atoms with E-state index in [1.54, 1.807) is 13.2 Å². The van der Waals surface area contributed by atoms with Crippen molar-refractivity contribution in [2.75, 3.05) is 12.4 Å². The fraction of sp³-hybridized carbons (Fsp3) is 0.286. The van der Waals surface area contributed by atoms with Gasteiger partial charge in [0.25, 0.3) is 5.69 Å². The number of anilines is 1. The van der Waals surface area contributed by atoms with E-state index < -0.39 is 0 Å². The molecule has 0 aromatic heterocycles. The third-order valence-corrected chi connectivity index (χ3v) is 8.09. The van der Waals surface area contributed by atoms with Crippen LogP contribution >= 0.6 is 27.5 Å². The summed E-state index contributed by atoms with van der Waals surface area (Å²) in [6, 6.07) is 13.0. The van der Waals surface area contributed by atoms with Crippen molar-refractivity contribution in [3.8, 4) is 11.5 Å². The first kappa shape index (κ1) is 24.7. The van der Waals surface area contributed by atoms with Gasteiger partial charge in [-0.3, -0.25) is 10.1 Å². The number of methoxy groups -OCH3 is 1. The second-order valence-electron chi connectivity index (χ2n) is 9.31. The quantitative estimate of drug-likeness (QED) is 0.185. The molecule has 6 nitrogen and oxygen atoms in total. The van der Waals surface area contributed by atoms with Gasteiger partial charge in [-0.1, -0.05) is 35.9 Å². The summed E-state index contributed by atoms with van der Waals surface area (Å²) in [5, 5.41) is 16.2. The van der Waals surface area contributed by atoms with E-state index in [4.69, 9.17) is 21.1 Å². The Morgan fingerprint density at radius 3 is 2.64 bits per heavy atom. The number of ether oxygens (including phenoxy) is 2. The Hall–Kier alpha value is -3.03. The predicted octanol–water partition coefficient (Wildman–Crippen LogP) is 8.04. The molecule has 0 saturated heterocycles. The Morgan fingerprint density at radius 2 is 1.94 bits per heavy atom. The maximum absolute atomic E-state index is 12.0. The summed E-state index contributed by atoms with van der Waals surface area (Å²) in [6.07, 6.45) is 5.27. The van der Waals surface area contributed by atoms with E-state index in [2.05, 4.69) is 40.3 Å². The third kappa shape index (κ3) is 4.35. The molecule has 2 aliphatic rings. The minimum absolute atomic E-state index is 0.107. The summed E-state index contributed by atoms with van der Waals surface area (Å²) in [6.45, 7) is 4.35. The largest absolute Gasteiger partial charge is 0.493 e. The summed E-state index contributed by atoms with van der Waals surface area (Å²) in [5.41, 5.74) is 5.77. The molecule has 36 heavy (non-hydrogen) atoms. The Balaban J connectivity index is 1.52. The summed E-state index contributed by atoms with van der Waals surface area (Å²) in [7, 11) is 1.61. The Kier molecular flexibility index (Phi) is 6.70. The van der Waals surface area contributed by atoms with Crippen LogP contribution in [0.15, 0.2) is 59.1 Å². The number of hydrogen-bond donors (Lipinski definition) is 1. The van der Waals surface area contributed by atoms with Gasteiger partial charge in [0.15, 0.2) is 11.5 Å². The van der Waals surface area contributed by atoms with Gasteiger partial charge in [0.2, 0.25) is 0 Å². The van der Waals surface area contributed by atoms with Gasteiger partial charge in [-0.05, 0) is 94.2 Å². The van der Waals surface area contributed by atoms with Crippen LogP contribution in [0.5, 0.6) is 11.5 Å². The van der Waals surface area contributed by atoms with Gasteiger partial charge >= 0.3 is 0 Å². The van der Waals surface area contributed by atoms with Crippen LogP contribution < -0.4 is 14.8 Å². The predicted molar refractivity (Wildman–Crippen MR) is 145 cm³/mol. The van der Waals surface area contributed by atoms with Crippen molar-refractivity contribution in [3.63, 3.8) is 0 Å². The van der Waals surface area contributed by atoms with Crippen molar-refractivity contribution in [1.29, 1.82) is 0 Å². The number of nitro groups is 1. The molecule has 5 rings (SSSR count). The maximum atomic E-state index is 12.0. The minimum atomic E-state index is -0.293. The van der Waals surface area contributed by atoms with Crippen molar-refractivity contribution in [2.24, 2.45) is 5.92 Å². The molecule has 0 unspecified atom stereocenters. The number of fused-ring (bicyclic) bond motifs is 3. The number of nitro benzene ring substituents is 1. The molecule has 1 heterocycles. The van der Waals surface area contributed by atoms with Gasteiger partial charge in [-0.15, -0.1) is 0 Å². The highest BCUT2D eigenvalue weighted by Crippen LogP contribution is 2.54. The van der Waals surface area contributed by atoms with Crippen molar-refractivity contribution in [3.05, 3.63) is 102 Å². The minimum Gasteiger partial charge on any atom is -0.493 e. The Labute approximate surface area is 223 Å². The van der Waals surface area contributed by atoms with E-state index in [1.165, 1.54) is 0 Å². The fourth-order valence-corrected chi connectivity index (χ4v) is 6.05. The number of hydrogen-bond acceptors (Lipinski definition) is 5. The highest BCUT2D eigenvalue weighted by molar-refractivity contribution is 9.10. The summed E-state index contributed by atoms with van der Waals surface area (Å²) in [4.78, 5) is 11.7. The van der Waals surface area contributed by atoms with Gasteiger partial charge in [0.1, 0.15) is 12.3 Å². The number of aryl methyl sites for hydroxylation is 1. The fourth-order valence-electron chi connectivity index (χ4n) is 5.35. The van der Waals surface area contributed by atoms with Crippen LogP contribution in [0.4, 0.5) is 11.4 Å². The van der Waals surface area contributed by atoms with Crippen LogP contribution in [0.25, 0.3) is 0 Å². The standard InChI is InChI=1S/C28H26BrClN2O4/c1-15-11-23(32(33)34)27-25(16(15)2)20-5-4-6-21(20)26(31-27)18-12-22(29)28(24(13-18)35-3)36-14-17-7-9-19(30)10-8-17/h4-5,7-13,20-21,26,31H,6,14H2,1-3H3/t20-,21+,26+/m1/s1. The molecule has 1 N–H and O–H groups in total. The maximum Gasteiger partial charge on any atom is 0.292 e. The first-order valence-electron chi connectivity index (χ1n) is 11.7. The van der Waals surface area contributed by atoms with E-state index in [0.29, 0.717) is 28.8 Å². The molecular weight excluding hydrogens is 544 g/mol. The molecule has 1 aliphatic carbocycles. The molecule has 3 atom stereocenters. The van der Waals surface area contributed by atoms with E-state index in [0.717, 1.165) is 38.7 Å². The molecule has 0 spiro atoms. The lowest BCUT2D eigenvalue weighted by Crippen LogP contribution is -2.30. The average Bonchev–Trinajstić information content (AvgIpc) is 3.35. The van der Waals surface area contributed by atoms with Gasteiger partial charge in [-0.25, -0.2) is 0 Å². The summed E-state index contributed by atoms with van der Waals surface area (Å²) < 4.78 is 12.6. The zero-order valence-electron chi connectivity index (χ0n) is 20.2. The number of benzene rings is 3. The average molecular weight is 570 g/mol. The van der Waals surface area contributed by atoms with E-state index in [9.17, 15) is 10.1 Å². The summed E-state index contributed by atoms with van der Waals surface area (Å²) in [5.74, 6) is 1.54. The van der Waals surface area contributed by atoms with Crippen LogP contribution in [0.2, 0.25) is 5.02 Å². The number of halogens is 2. The lowest BCUT2D eigenvalue weighted by atomic mass is 9.74. The molecule has 186 valence electrons. The zero-order valence-corrected chi connectivity index (χ0v) is 22.5. The zero-order chi connectivity index (χ0) is 25.6. The molecular formula is C28H26BrClN2O4. The van der Waals surface area contributed by atoms with Crippen molar-refractivity contribution in [2.45, 2.75) is 38.8 Å². The number of nitrogens with zero attached hydrogens (tertiary/aromatic N) is 1. The van der Waals surface area contributed by atoms with Crippen LogP contribution in [-0.4, -0.2) is 12.0 Å². The lowest BCUT2D eigenvalue weighted by molar-refractivity contribution is -0.384. The molecule has 8 heteroatoms. The molecule has 0 radical (unpaired) electrons. The van der Waals surface area contributed by atoms with Gasteiger partial charge in [0.05, 0.1) is 22.5 Å². The number of nitrogens with one attached hydrogen (secondary N) is 1. The number of allylic oxidation sites excluding steroid dienone is 2. The molecule has 0 fully saturated rings. The van der Waals surface area contributed by atoms with Crippen molar-refractivity contribution >= 4 is 38.9 Å². The first-order chi connectivity index (χ1) is 17.3. The van der Waals surface area contributed by atoms with E-state index in [-0.39, 0.29) is 28.5 Å². The molecule has 0 amide bonds. The van der Waals surface area contributed by atoms with Crippen LogP contribution in [0.1, 0.15) is 46.2 Å². The third-order valence-electron chi connectivity index (χ3n) is 7.25. The van der Waals surface area contributed by atoms with Crippen LogP contribution in [0.3, 0.4) is 0 Å². The second kappa shape index (κ2) is 9.79. The molecule has 1 aliphatic heterocycles. The topological polar surface area (TPSA) is 73.6 Å². The van der Waals surface area contributed by atoms with Crippen LogP contribution in [-0.2, 0) is 6.61 Å². The van der Waals surface area contributed by atoms with Crippen LogP contribution in [0, 0.1) is 29.9 Å². The molecule has 3 aromatic carbocycles. The number of rotatable bonds is 6. The second-order valence-corrected chi connectivity index (χ2v) is 10.6. The van der Waals surface area contributed by atoms with Gasteiger partial charge in [-0.2, -0.15) is 0 Å². The van der Waals surface area contributed by atoms with E-state index >= 15 is 0 Å². The SMILES string of the molecule is COc1cc([C@@H]2Nc3c([N+](=O)[O-])cc(C)c(C)c3[C@@H]3C=CC[C@@H]32)cc(Br)c1OCc1ccc(Cl)cc1. The van der Waals surface area contributed by atoms with Crippen molar-refractivity contribution < 1.29 is 14.4 Å². The molecule has 3 aromatic rings. The highest BCUT2D eigenvalue weighted by atomic mass is 79.9. The summed E-state index contributed by atoms with van der Waals surface area (Å²) >= 11 is 9.67.